The normalized spacial score (nSPS) is 16.5. The highest BCUT2D eigenvalue weighted by molar-refractivity contribution is 5.94. The highest BCUT2D eigenvalue weighted by atomic mass is 19.1. The maximum atomic E-state index is 13.1. The van der Waals surface area contributed by atoms with E-state index in [1.165, 1.54) is 12.1 Å². The molecule has 1 atom stereocenters. The van der Waals surface area contributed by atoms with Crippen LogP contribution in [-0.2, 0) is 7.05 Å². The number of aryl methyl sites for hydroxylation is 1. The number of rotatable bonds is 4. The third-order valence-electron chi connectivity index (χ3n) is 4.50. The minimum Gasteiger partial charge on any atom is -0.471 e. The summed E-state index contributed by atoms with van der Waals surface area (Å²) in [6.45, 7) is 1.08. The molecule has 1 saturated heterocycles. The van der Waals surface area contributed by atoms with E-state index in [2.05, 4.69) is 15.1 Å². The Labute approximate surface area is 155 Å². The molecule has 8 heteroatoms. The third-order valence-corrected chi connectivity index (χ3v) is 4.50. The van der Waals surface area contributed by atoms with Gasteiger partial charge in [0.2, 0.25) is 5.88 Å². The minimum atomic E-state index is -0.308. The maximum absolute atomic E-state index is 13.1. The molecule has 0 saturated carbocycles. The zero-order valence-corrected chi connectivity index (χ0v) is 14.7. The zero-order valence-electron chi connectivity index (χ0n) is 14.7. The van der Waals surface area contributed by atoms with Gasteiger partial charge in [-0.25, -0.2) is 9.37 Å². The van der Waals surface area contributed by atoms with Crippen LogP contribution in [0.3, 0.4) is 0 Å². The number of likely N-dealkylation sites (tertiary alicyclic amines) is 1. The first-order valence-corrected chi connectivity index (χ1v) is 8.62. The monoisotopic (exact) mass is 367 g/mol. The number of benzene rings is 1. The quantitative estimate of drug-likeness (QED) is 0.708. The Morgan fingerprint density at radius 1 is 1.26 bits per heavy atom. The third kappa shape index (κ3) is 3.64. The summed E-state index contributed by atoms with van der Waals surface area (Å²) in [6, 6.07) is 7.77. The Balaban J connectivity index is 1.46. The fourth-order valence-corrected chi connectivity index (χ4v) is 3.12. The second-order valence-electron chi connectivity index (χ2n) is 6.37. The maximum Gasteiger partial charge on any atom is 0.272 e. The molecule has 3 heterocycles. The molecule has 0 N–H and O–H groups in total. The smallest absolute Gasteiger partial charge is 0.272 e. The molecule has 0 spiro atoms. The van der Waals surface area contributed by atoms with Gasteiger partial charge in [-0.05, 0) is 30.3 Å². The van der Waals surface area contributed by atoms with Gasteiger partial charge in [-0.1, -0.05) is 0 Å². The number of hydrogen-bond donors (Lipinski definition) is 0. The molecule has 1 unspecified atom stereocenters. The Morgan fingerprint density at radius 3 is 2.81 bits per heavy atom. The van der Waals surface area contributed by atoms with Crippen LogP contribution < -0.4 is 4.74 Å². The number of ether oxygens (including phenoxy) is 1. The molecular formula is C19H18FN5O2. The van der Waals surface area contributed by atoms with Gasteiger partial charge >= 0.3 is 0 Å². The van der Waals surface area contributed by atoms with Gasteiger partial charge in [0.05, 0.1) is 18.4 Å². The number of halogens is 1. The first kappa shape index (κ1) is 17.1. The number of nitrogens with zero attached hydrogens (tertiary/aromatic N) is 5. The summed E-state index contributed by atoms with van der Waals surface area (Å²) in [6.07, 6.45) is 5.32. The van der Waals surface area contributed by atoms with Crippen molar-refractivity contribution in [2.24, 2.45) is 7.05 Å². The molecule has 1 fully saturated rings. The van der Waals surface area contributed by atoms with Gasteiger partial charge in [-0.15, -0.1) is 0 Å². The van der Waals surface area contributed by atoms with Crippen molar-refractivity contribution in [2.75, 3.05) is 13.1 Å². The summed E-state index contributed by atoms with van der Waals surface area (Å²) in [5, 5.41) is 4.39. The van der Waals surface area contributed by atoms with Gasteiger partial charge in [-0.2, -0.15) is 5.10 Å². The van der Waals surface area contributed by atoms with E-state index in [9.17, 15) is 9.18 Å². The van der Waals surface area contributed by atoms with E-state index in [0.29, 0.717) is 30.4 Å². The van der Waals surface area contributed by atoms with Crippen molar-refractivity contribution < 1.29 is 13.9 Å². The average Bonchev–Trinajstić information content (AvgIpc) is 3.29. The fourth-order valence-electron chi connectivity index (χ4n) is 3.12. The van der Waals surface area contributed by atoms with Crippen molar-refractivity contribution in [3.05, 3.63) is 60.4 Å². The molecule has 0 radical (unpaired) electrons. The highest BCUT2D eigenvalue weighted by Crippen LogP contribution is 2.22. The van der Waals surface area contributed by atoms with Crippen molar-refractivity contribution >= 4 is 5.91 Å². The molecule has 3 aromatic rings. The number of carbonyl (C=O) groups is 1. The molecule has 27 heavy (non-hydrogen) atoms. The standard InChI is InChI=1S/C19H18FN5O2/c1-24-17(10-16(23-24)13-2-4-14(20)5-3-13)19(26)25-9-6-15(12-25)27-18-11-21-7-8-22-18/h2-5,7-8,10-11,15H,6,9,12H2,1H3. The van der Waals surface area contributed by atoms with Gasteiger partial charge in [0.1, 0.15) is 17.6 Å². The van der Waals surface area contributed by atoms with E-state index in [-0.39, 0.29) is 17.8 Å². The van der Waals surface area contributed by atoms with Gasteiger partial charge in [0.25, 0.3) is 5.91 Å². The lowest BCUT2D eigenvalue weighted by atomic mass is 10.1. The summed E-state index contributed by atoms with van der Waals surface area (Å²) in [4.78, 5) is 22.7. The van der Waals surface area contributed by atoms with E-state index >= 15 is 0 Å². The zero-order chi connectivity index (χ0) is 18.8. The lowest BCUT2D eigenvalue weighted by Gasteiger charge is -2.16. The van der Waals surface area contributed by atoms with Crippen LogP contribution in [0.4, 0.5) is 4.39 Å². The van der Waals surface area contributed by atoms with Crippen LogP contribution in [0, 0.1) is 5.82 Å². The Bertz CT molecular complexity index is 942. The van der Waals surface area contributed by atoms with Gasteiger partial charge < -0.3 is 9.64 Å². The van der Waals surface area contributed by atoms with Crippen molar-refractivity contribution in [2.45, 2.75) is 12.5 Å². The highest BCUT2D eigenvalue weighted by Gasteiger charge is 2.30. The molecular weight excluding hydrogens is 349 g/mol. The van der Waals surface area contributed by atoms with E-state index in [1.54, 1.807) is 53.4 Å². The lowest BCUT2D eigenvalue weighted by molar-refractivity contribution is 0.0760. The molecule has 4 rings (SSSR count). The second-order valence-corrected chi connectivity index (χ2v) is 6.37. The summed E-state index contributed by atoms with van der Waals surface area (Å²) >= 11 is 0. The van der Waals surface area contributed by atoms with Gasteiger partial charge in [0.15, 0.2) is 0 Å². The number of carbonyl (C=O) groups excluding carboxylic acids is 1. The topological polar surface area (TPSA) is 73.1 Å². The largest absolute Gasteiger partial charge is 0.471 e. The minimum absolute atomic E-state index is 0.108. The second kappa shape index (κ2) is 7.14. The number of aromatic nitrogens is 4. The number of hydrogen-bond acceptors (Lipinski definition) is 5. The Hall–Kier alpha value is -3.29. The van der Waals surface area contributed by atoms with Gasteiger partial charge in [0, 0.05) is 38.0 Å². The summed E-state index contributed by atoms with van der Waals surface area (Å²) in [7, 11) is 1.73. The first-order valence-electron chi connectivity index (χ1n) is 8.62. The molecule has 138 valence electrons. The molecule has 0 aliphatic carbocycles. The number of amides is 1. The Kier molecular flexibility index (Phi) is 4.53. The fraction of sp³-hybridized carbons (Fsp3) is 0.263. The van der Waals surface area contributed by atoms with Crippen LogP contribution in [0.15, 0.2) is 48.9 Å². The van der Waals surface area contributed by atoms with Crippen molar-refractivity contribution in [3.63, 3.8) is 0 Å². The summed E-state index contributed by atoms with van der Waals surface area (Å²) in [5.41, 5.74) is 1.87. The van der Waals surface area contributed by atoms with E-state index in [0.717, 1.165) is 12.0 Å². The molecule has 1 aromatic carbocycles. The van der Waals surface area contributed by atoms with Crippen LogP contribution >= 0.6 is 0 Å². The van der Waals surface area contributed by atoms with E-state index < -0.39 is 0 Å². The summed E-state index contributed by atoms with van der Waals surface area (Å²) in [5.74, 6) is 0.0386. The molecule has 1 aliphatic rings. The molecule has 2 aromatic heterocycles. The SMILES string of the molecule is Cn1nc(-c2ccc(F)cc2)cc1C(=O)N1CCC(Oc2cnccn2)C1. The predicted molar refractivity (Wildman–Crippen MR) is 95.6 cm³/mol. The van der Waals surface area contributed by atoms with Crippen molar-refractivity contribution in [3.8, 4) is 17.1 Å². The summed E-state index contributed by atoms with van der Waals surface area (Å²) < 4.78 is 20.4. The van der Waals surface area contributed by atoms with Crippen molar-refractivity contribution in [1.82, 2.24) is 24.6 Å². The van der Waals surface area contributed by atoms with E-state index in [1.807, 2.05) is 0 Å². The van der Waals surface area contributed by atoms with Crippen LogP contribution in [0.1, 0.15) is 16.9 Å². The van der Waals surface area contributed by atoms with Crippen LogP contribution in [0.2, 0.25) is 0 Å². The van der Waals surface area contributed by atoms with Crippen molar-refractivity contribution in [1.29, 1.82) is 0 Å². The predicted octanol–water partition coefficient (Wildman–Crippen LogP) is 2.31. The average molecular weight is 367 g/mol. The molecule has 7 nitrogen and oxygen atoms in total. The van der Waals surface area contributed by atoms with Gasteiger partial charge in [-0.3, -0.25) is 14.5 Å². The van der Waals surface area contributed by atoms with E-state index in [4.69, 9.17) is 4.74 Å². The molecule has 1 aliphatic heterocycles. The van der Waals surface area contributed by atoms with Crippen LogP contribution in [-0.4, -0.2) is 49.7 Å². The molecule has 0 bridgehead atoms. The first-order chi connectivity index (χ1) is 13.1. The Morgan fingerprint density at radius 2 is 2.07 bits per heavy atom. The molecule has 1 amide bonds. The lowest BCUT2D eigenvalue weighted by Crippen LogP contribution is -2.32. The van der Waals surface area contributed by atoms with Crippen LogP contribution in [0.25, 0.3) is 11.3 Å². The van der Waals surface area contributed by atoms with Crippen LogP contribution in [0.5, 0.6) is 5.88 Å².